The molecule has 0 bridgehead atoms. The molecule has 0 atom stereocenters. The highest BCUT2D eigenvalue weighted by Crippen LogP contribution is 2.26. The van der Waals surface area contributed by atoms with E-state index in [0.717, 1.165) is 18.7 Å². The molecule has 1 amide bonds. The van der Waals surface area contributed by atoms with Crippen LogP contribution in [0.25, 0.3) is 0 Å². The fourth-order valence-electron chi connectivity index (χ4n) is 2.69. The van der Waals surface area contributed by atoms with Crippen LogP contribution in [0.15, 0.2) is 30.3 Å². The Kier molecular flexibility index (Phi) is 7.09. The van der Waals surface area contributed by atoms with Gasteiger partial charge in [-0.2, -0.15) is 0 Å². The van der Waals surface area contributed by atoms with Gasteiger partial charge in [0.1, 0.15) is 17.3 Å². The van der Waals surface area contributed by atoms with Gasteiger partial charge in [0, 0.05) is 18.3 Å². The predicted octanol–water partition coefficient (Wildman–Crippen LogP) is 3.33. The minimum Gasteiger partial charge on any atom is -0.351 e. The summed E-state index contributed by atoms with van der Waals surface area (Å²) in [6, 6.07) is 9.83. The fourth-order valence-corrected chi connectivity index (χ4v) is 2.69. The van der Waals surface area contributed by atoms with E-state index in [-0.39, 0.29) is 5.91 Å². The number of aryl methyl sites for hydroxylation is 1. The number of benzene rings is 1. The van der Waals surface area contributed by atoms with E-state index in [1.54, 1.807) is 13.0 Å². The van der Waals surface area contributed by atoms with Crippen LogP contribution in [0.2, 0.25) is 0 Å². The lowest BCUT2D eigenvalue weighted by Crippen LogP contribution is -2.28. The van der Waals surface area contributed by atoms with Gasteiger partial charge in [-0.3, -0.25) is 4.79 Å². The molecule has 1 aromatic carbocycles. The van der Waals surface area contributed by atoms with Crippen molar-refractivity contribution in [1.82, 2.24) is 20.2 Å². The van der Waals surface area contributed by atoms with Crippen molar-refractivity contribution in [2.24, 2.45) is 0 Å². The van der Waals surface area contributed by atoms with Crippen molar-refractivity contribution >= 4 is 17.4 Å². The minimum atomic E-state index is -0.172. The van der Waals surface area contributed by atoms with Gasteiger partial charge in [0.05, 0.1) is 0 Å². The molecule has 1 heterocycles. The van der Waals surface area contributed by atoms with E-state index in [1.807, 2.05) is 32.3 Å². The molecular weight excluding hydrogens is 326 g/mol. The van der Waals surface area contributed by atoms with Crippen LogP contribution in [-0.4, -0.2) is 48.0 Å². The van der Waals surface area contributed by atoms with Crippen LogP contribution in [0.4, 0.5) is 11.5 Å². The van der Waals surface area contributed by atoms with Gasteiger partial charge in [-0.15, -0.1) is 0 Å². The summed E-state index contributed by atoms with van der Waals surface area (Å²) < 4.78 is 0. The van der Waals surface area contributed by atoms with Gasteiger partial charge in [-0.05, 0) is 51.5 Å². The minimum absolute atomic E-state index is 0.172. The highest BCUT2D eigenvalue weighted by Gasteiger charge is 2.12. The van der Waals surface area contributed by atoms with Crippen LogP contribution in [0.1, 0.15) is 48.1 Å². The Morgan fingerprint density at radius 3 is 2.62 bits per heavy atom. The summed E-state index contributed by atoms with van der Waals surface area (Å²) in [5.41, 5.74) is 2.59. The summed E-state index contributed by atoms with van der Waals surface area (Å²) in [5, 5.41) is 6.25. The number of rotatable bonds is 8. The largest absolute Gasteiger partial charge is 0.351 e. The number of anilines is 2. The van der Waals surface area contributed by atoms with Crippen molar-refractivity contribution in [3.8, 4) is 0 Å². The van der Waals surface area contributed by atoms with E-state index in [0.29, 0.717) is 29.8 Å². The summed E-state index contributed by atoms with van der Waals surface area (Å²) in [7, 11) is 4.03. The van der Waals surface area contributed by atoms with Crippen molar-refractivity contribution in [1.29, 1.82) is 0 Å². The van der Waals surface area contributed by atoms with Gasteiger partial charge in [0.25, 0.3) is 5.91 Å². The Hall–Kier alpha value is -2.47. The maximum Gasteiger partial charge on any atom is 0.270 e. The Bertz CT molecular complexity index is 743. The van der Waals surface area contributed by atoms with Gasteiger partial charge < -0.3 is 15.5 Å². The van der Waals surface area contributed by atoms with Gasteiger partial charge in [-0.1, -0.05) is 32.0 Å². The summed E-state index contributed by atoms with van der Waals surface area (Å²) in [5.74, 6) is 1.41. The molecule has 0 radical (unpaired) electrons. The molecule has 6 heteroatoms. The SMILES string of the molecule is Cc1nc(Nc2ccccc2C(C)C)cc(C(=O)NCCCN(C)C)n1. The maximum absolute atomic E-state index is 12.4. The standard InChI is InChI=1S/C20H29N5O/c1-14(2)16-9-6-7-10-17(16)24-19-13-18(22-15(3)23-19)20(26)21-11-8-12-25(4)5/h6-7,9-10,13-14H,8,11-12H2,1-5H3,(H,21,26)(H,22,23,24). The van der Waals surface area contributed by atoms with Crippen LogP contribution in [0, 0.1) is 6.92 Å². The number of nitrogens with zero attached hydrogens (tertiary/aromatic N) is 3. The molecule has 0 fully saturated rings. The second-order valence-electron chi connectivity index (χ2n) is 6.97. The summed E-state index contributed by atoms with van der Waals surface area (Å²) in [4.78, 5) is 23.2. The Balaban J connectivity index is 2.11. The summed E-state index contributed by atoms with van der Waals surface area (Å²) >= 11 is 0. The van der Waals surface area contributed by atoms with Crippen LogP contribution < -0.4 is 10.6 Å². The van der Waals surface area contributed by atoms with Crippen molar-refractivity contribution in [2.75, 3.05) is 32.5 Å². The molecule has 26 heavy (non-hydrogen) atoms. The quantitative estimate of drug-likeness (QED) is 0.711. The van der Waals surface area contributed by atoms with E-state index >= 15 is 0 Å². The van der Waals surface area contributed by atoms with E-state index in [9.17, 15) is 4.79 Å². The van der Waals surface area contributed by atoms with E-state index < -0.39 is 0 Å². The zero-order valence-electron chi connectivity index (χ0n) is 16.3. The van der Waals surface area contributed by atoms with Crippen LogP contribution in [-0.2, 0) is 0 Å². The Labute approximate surface area is 156 Å². The molecule has 2 N–H and O–H groups in total. The summed E-state index contributed by atoms with van der Waals surface area (Å²) in [6.45, 7) is 7.65. The number of carbonyl (C=O) groups excluding carboxylic acids is 1. The third-order valence-corrected chi connectivity index (χ3v) is 3.98. The number of hydrogen-bond acceptors (Lipinski definition) is 5. The summed E-state index contributed by atoms with van der Waals surface area (Å²) in [6.07, 6.45) is 0.898. The molecule has 140 valence electrons. The normalized spacial score (nSPS) is 11.0. The highest BCUT2D eigenvalue weighted by atomic mass is 16.1. The third kappa shape index (κ3) is 5.81. The van der Waals surface area contributed by atoms with E-state index in [2.05, 4.69) is 45.4 Å². The van der Waals surface area contributed by atoms with Crippen LogP contribution in [0.3, 0.4) is 0 Å². The molecule has 0 unspecified atom stereocenters. The lowest BCUT2D eigenvalue weighted by atomic mass is 10.0. The lowest BCUT2D eigenvalue weighted by Gasteiger charge is -2.15. The number of hydrogen-bond donors (Lipinski definition) is 2. The maximum atomic E-state index is 12.4. The van der Waals surface area contributed by atoms with E-state index in [1.165, 1.54) is 5.56 Å². The topological polar surface area (TPSA) is 70.2 Å². The monoisotopic (exact) mass is 355 g/mol. The zero-order valence-corrected chi connectivity index (χ0v) is 16.3. The van der Waals surface area contributed by atoms with Crippen molar-refractivity contribution in [3.63, 3.8) is 0 Å². The van der Waals surface area contributed by atoms with Gasteiger partial charge >= 0.3 is 0 Å². The van der Waals surface area contributed by atoms with Gasteiger partial charge in [-0.25, -0.2) is 9.97 Å². The molecule has 0 saturated carbocycles. The van der Waals surface area contributed by atoms with Crippen molar-refractivity contribution < 1.29 is 4.79 Å². The van der Waals surface area contributed by atoms with Gasteiger partial charge in [0.2, 0.25) is 0 Å². The zero-order chi connectivity index (χ0) is 19.1. The molecule has 0 aliphatic carbocycles. The molecule has 0 aliphatic rings. The average molecular weight is 355 g/mol. The molecule has 1 aromatic heterocycles. The highest BCUT2D eigenvalue weighted by molar-refractivity contribution is 5.93. The fraction of sp³-hybridized carbons (Fsp3) is 0.450. The van der Waals surface area contributed by atoms with Crippen molar-refractivity contribution in [2.45, 2.75) is 33.1 Å². The number of nitrogens with one attached hydrogen (secondary N) is 2. The first-order chi connectivity index (χ1) is 12.4. The first-order valence-electron chi connectivity index (χ1n) is 9.01. The molecule has 0 spiro atoms. The Morgan fingerprint density at radius 2 is 1.92 bits per heavy atom. The second kappa shape index (κ2) is 9.29. The first kappa shape index (κ1) is 19.8. The molecule has 0 aliphatic heterocycles. The van der Waals surface area contributed by atoms with Gasteiger partial charge in [0.15, 0.2) is 0 Å². The van der Waals surface area contributed by atoms with Crippen molar-refractivity contribution in [3.05, 3.63) is 47.4 Å². The smallest absolute Gasteiger partial charge is 0.270 e. The molecule has 2 rings (SSSR count). The Morgan fingerprint density at radius 1 is 1.19 bits per heavy atom. The molecular formula is C20H29N5O. The predicted molar refractivity (Wildman–Crippen MR) is 106 cm³/mol. The first-order valence-corrected chi connectivity index (χ1v) is 9.01. The van der Waals surface area contributed by atoms with E-state index in [4.69, 9.17) is 0 Å². The molecule has 2 aromatic rings. The number of amides is 1. The number of carbonyl (C=O) groups is 1. The number of para-hydroxylation sites is 1. The lowest BCUT2D eigenvalue weighted by molar-refractivity contribution is 0.0947. The third-order valence-electron chi connectivity index (χ3n) is 3.98. The molecule has 6 nitrogen and oxygen atoms in total. The second-order valence-corrected chi connectivity index (χ2v) is 6.97. The molecule has 0 saturated heterocycles. The van der Waals surface area contributed by atoms with Crippen LogP contribution in [0.5, 0.6) is 0 Å². The average Bonchev–Trinajstić information content (AvgIpc) is 2.58. The number of aromatic nitrogens is 2. The van der Waals surface area contributed by atoms with Crippen LogP contribution >= 0.6 is 0 Å².